The number of benzene rings is 1. The molecule has 2 aromatic rings. The first kappa shape index (κ1) is 13.9. The number of aromatic nitrogens is 2. The molecular weight excluding hydrogens is 400 g/mol. The molecule has 0 fully saturated rings. The summed E-state index contributed by atoms with van der Waals surface area (Å²) in [5.41, 5.74) is -0.421. The first-order valence-electron chi connectivity index (χ1n) is 4.57. The van der Waals surface area contributed by atoms with E-state index in [0.717, 1.165) is 0 Å². The van der Waals surface area contributed by atoms with Gasteiger partial charge in [-0.05, 0) is 50.1 Å². The Labute approximate surface area is 122 Å². The SMILES string of the molecule is FC(F)(F)c1[nH]c(-c2ccc(Cl)cc2Br)nc1Br. The first-order chi connectivity index (χ1) is 8.29. The summed E-state index contributed by atoms with van der Waals surface area (Å²) in [6, 6.07) is 4.74. The van der Waals surface area contributed by atoms with E-state index < -0.39 is 11.9 Å². The minimum atomic E-state index is -4.48. The molecule has 0 saturated carbocycles. The van der Waals surface area contributed by atoms with Gasteiger partial charge in [-0.15, -0.1) is 0 Å². The number of aromatic amines is 1. The summed E-state index contributed by atoms with van der Waals surface area (Å²) in [4.78, 5) is 6.05. The third-order valence-corrected chi connectivity index (χ3v) is 3.59. The molecule has 0 saturated heterocycles. The molecule has 18 heavy (non-hydrogen) atoms. The van der Waals surface area contributed by atoms with Crippen LogP contribution in [0.2, 0.25) is 5.02 Å². The van der Waals surface area contributed by atoms with Crippen LogP contribution in [0.5, 0.6) is 0 Å². The zero-order chi connectivity index (χ0) is 13.5. The Morgan fingerprint density at radius 1 is 1.22 bits per heavy atom. The lowest BCUT2D eigenvalue weighted by Gasteiger charge is -2.03. The van der Waals surface area contributed by atoms with Gasteiger partial charge < -0.3 is 4.98 Å². The quantitative estimate of drug-likeness (QED) is 0.689. The van der Waals surface area contributed by atoms with Crippen molar-refractivity contribution in [1.82, 2.24) is 9.97 Å². The van der Waals surface area contributed by atoms with E-state index in [1.54, 1.807) is 18.2 Å². The predicted molar refractivity (Wildman–Crippen MR) is 69.4 cm³/mol. The molecule has 2 nitrogen and oxygen atoms in total. The summed E-state index contributed by atoms with van der Waals surface area (Å²) >= 11 is 11.8. The van der Waals surface area contributed by atoms with Crippen molar-refractivity contribution in [1.29, 1.82) is 0 Å². The van der Waals surface area contributed by atoms with E-state index in [2.05, 4.69) is 41.8 Å². The largest absolute Gasteiger partial charge is 0.433 e. The first-order valence-corrected chi connectivity index (χ1v) is 6.53. The van der Waals surface area contributed by atoms with Gasteiger partial charge in [0.25, 0.3) is 0 Å². The zero-order valence-corrected chi connectivity index (χ0v) is 12.4. The van der Waals surface area contributed by atoms with Gasteiger partial charge in [-0.25, -0.2) is 4.98 Å². The van der Waals surface area contributed by atoms with E-state index in [0.29, 0.717) is 15.1 Å². The maximum Gasteiger partial charge on any atom is 0.433 e. The van der Waals surface area contributed by atoms with Crippen molar-refractivity contribution < 1.29 is 13.2 Å². The van der Waals surface area contributed by atoms with Gasteiger partial charge in [-0.3, -0.25) is 0 Å². The van der Waals surface area contributed by atoms with Crippen molar-refractivity contribution in [3.8, 4) is 11.4 Å². The lowest BCUT2D eigenvalue weighted by molar-refractivity contribution is -0.141. The van der Waals surface area contributed by atoms with E-state index in [9.17, 15) is 13.2 Å². The second-order valence-electron chi connectivity index (χ2n) is 3.37. The summed E-state index contributed by atoms with van der Waals surface area (Å²) in [6.07, 6.45) is -4.48. The standard InChI is InChI=1S/C10H4Br2ClF3N2/c11-6-3-4(13)1-2-5(6)9-17-7(8(12)18-9)10(14,15)16/h1-3H,(H,17,18). The van der Waals surface area contributed by atoms with Crippen LogP contribution in [0.3, 0.4) is 0 Å². The Hall–Kier alpha value is -0.530. The zero-order valence-electron chi connectivity index (χ0n) is 8.45. The minimum Gasteiger partial charge on any atom is -0.333 e. The molecule has 8 heteroatoms. The van der Waals surface area contributed by atoms with Gasteiger partial charge in [-0.2, -0.15) is 13.2 Å². The molecule has 0 bridgehead atoms. The molecular formula is C10H4Br2ClF3N2. The number of H-pyrrole nitrogens is 1. The molecule has 0 amide bonds. The topological polar surface area (TPSA) is 28.7 Å². The molecule has 1 aromatic heterocycles. The molecule has 2 rings (SSSR count). The fourth-order valence-corrected chi connectivity index (χ4v) is 2.72. The van der Waals surface area contributed by atoms with Gasteiger partial charge >= 0.3 is 6.18 Å². The number of nitrogens with zero attached hydrogens (tertiary/aromatic N) is 1. The highest BCUT2D eigenvalue weighted by atomic mass is 79.9. The molecule has 0 aliphatic carbocycles. The van der Waals surface area contributed by atoms with Crippen molar-refractivity contribution in [2.24, 2.45) is 0 Å². The smallest absolute Gasteiger partial charge is 0.333 e. The maximum atomic E-state index is 12.6. The predicted octanol–water partition coefficient (Wildman–Crippen LogP) is 5.27. The van der Waals surface area contributed by atoms with E-state index in [1.165, 1.54) is 0 Å². The van der Waals surface area contributed by atoms with Gasteiger partial charge in [0.15, 0.2) is 5.69 Å². The minimum absolute atomic E-state index is 0.109. The number of hydrogen-bond acceptors (Lipinski definition) is 1. The van der Waals surface area contributed by atoms with Crippen LogP contribution in [-0.4, -0.2) is 9.97 Å². The maximum absolute atomic E-state index is 12.6. The second-order valence-corrected chi connectivity index (χ2v) is 5.42. The third kappa shape index (κ3) is 2.73. The molecule has 0 spiro atoms. The third-order valence-electron chi connectivity index (χ3n) is 2.13. The Morgan fingerprint density at radius 2 is 1.89 bits per heavy atom. The van der Waals surface area contributed by atoms with E-state index in [-0.39, 0.29) is 10.4 Å². The fraction of sp³-hybridized carbons (Fsp3) is 0.100. The molecule has 96 valence electrons. The average molecular weight is 404 g/mol. The lowest BCUT2D eigenvalue weighted by atomic mass is 10.2. The highest BCUT2D eigenvalue weighted by Crippen LogP contribution is 2.36. The summed E-state index contributed by atoms with van der Waals surface area (Å²) in [7, 11) is 0. The van der Waals surface area contributed by atoms with E-state index >= 15 is 0 Å². The van der Waals surface area contributed by atoms with Crippen LogP contribution in [0.4, 0.5) is 13.2 Å². The van der Waals surface area contributed by atoms with Gasteiger partial charge in [0.05, 0.1) is 0 Å². The van der Waals surface area contributed by atoms with Crippen LogP contribution in [0, 0.1) is 0 Å². The number of hydrogen-bond donors (Lipinski definition) is 1. The average Bonchev–Trinajstić information content (AvgIpc) is 2.59. The second kappa shape index (κ2) is 4.86. The summed E-state index contributed by atoms with van der Waals surface area (Å²) < 4.78 is 38.1. The number of rotatable bonds is 1. The van der Waals surface area contributed by atoms with Crippen molar-refractivity contribution in [3.05, 3.63) is 38.0 Å². The van der Waals surface area contributed by atoms with Gasteiger partial charge in [0.2, 0.25) is 0 Å². The van der Waals surface area contributed by atoms with Crippen molar-refractivity contribution in [2.45, 2.75) is 6.18 Å². The van der Waals surface area contributed by atoms with E-state index in [1.807, 2.05) is 0 Å². The van der Waals surface area contributed by atoms with Crippen molar-refractivity contribution >= 4 is 43.5 Å². The molecule has 0 aliphatic rings. The summed E-state index contributed by atoms with van der Waals surface area (Å²) in [6.45, 7) is 0. The molecule has 0 atom stereocenters. The van der Waals surface area contributed by atoms with Crippen LogP contribution >= 0.6 is 43.5 Å². The van der Waals surface area contributed by atoms with Crippen LogP contribution in [-0.2, 0) is 6.18 Å². The summed E-state index contributed by atoms with van der Waals surface area (Å²) in [5, 5.41) is 0.479. The number of nitrogens with one attached hydrogen (secondary N) is 1. The summed E-state index contributed by atoms with van der Waals surface area (Å²) in [5.74, 6) is 0.109. The van der Waals surface area contributed by atoms with Crippen molar-refractivity contribution in [3.63, 3.8) is 0 Å². The number of halogens is 6. The Bertz CT molecular complexity index is 595. The molecule has 1 N–H and O–H groups in total. The number of imidazole rings is 1. The van der Waals surface area contributed by atoms with Gasteiger partial charge in [0.1, 0.15) is 10.4 Å². The highest BCUT2D eigenvalue weighted by molar-refractivity contribution is 9.10. The van der Waals surface area contributed by atoms with Crippen molar-refractivity contribution in [2.75, 3.05) is 0 Å². The van der Waals surface area contributed by atoms with Crippen LogP contribution in [0.1, 0.15) is 5.69 Å². The van der Waals surface area contributed by atoms with Crippen LogP contribution in [0.15, 0.2) is 27.3 Å². The molecule has 0 aliphatic heterocycles. The number of alkyl halides is 3. The van der Waals surface area contributed by atoms with Gasteiger partial charge in [-0.1, -0.05) is 11.6 Å². The monoisotopic (exact) mass is 402 g/mol. The Kier molecular flexibility index (Phi) is 3.75. The highest BCUT2D eigenvalue weighted by Gasteiger charge is 2.36. The molecule has 0 radical (unpaired) electrons. The molecule has 1 aromatic carbocycles. The normalized spacial score (nSPS) is 11.9. The molecule has 1 heterocycles. The van der Waals surface area contributed by atoms with Crippen LogP contribution in [0.25, 0.3) is 11.4 Å². The Balaban J connectivity index is 2.53. The van der Waals surface area contributed by atoms with Crippen LogP contribution < -0.4 is 0 Å². The van der Waals surface area contributed by atoms with E-state index in [4.69, 9.17) is 11.6 Å². The fourth-order valence-electron chi connectivity index (χ4n) is 1.35. The van der Waals surface area contributed by atoms with Gasteiger partial charge in [0, 0.05) is 15.1 Å². The Morgan fingerprint density at radius 3 is 2.39 bits per heavy atom. The molecule has 0 unspecified atom stereocenters. The lowest BCUT2D eigenvalue weighted by Crippen LogP contribution is -2.06.